The Bertz CT molecular complexity index is 3870. The van der Waals surface area contributed by atoms with Crippen molar-refractivity contribution in [1.82, 2.24) is 0 Å². The molecule has 1 spiro atoms. The van der Waals surface area contributed by atoms with Crippen molar-refractivity contribution in [3.8, 4) is 33.8 Å². The average Bonchev–Trinajstić information content (AvgIpc) is 3.82. The van der Waals surface area contributed by atoms with E-state index in [0.29, 0.717) is 0 Å². The Morgan fingerprint density at radius 3 is 1.42 bits per heavy atom. The summed E-state index contributed by atoms with van der Waals surface area (Å²) in [7, 11) is -2.87. The summed E-state index contributed by atoms with van der Waals surface area (Å²) in [5.41, 5.74) is 13.6. The minimum absolute atomic E-state index is 0.681. The van der Waals surface area contributed by atoms with Gasteiger partial charge in [0, 0.05) is 45.0 Å². The summed E-state index contributed by atoms with van der Waals surface area (Å²) >= 11 is 0. The Labute approximate surface area is 414 Å². The molecule has 0 saturated heterocycles. The van der Waals surface area contributed by atoms with Gasteiger partial charge in [0.2, 0.25) is 0 Å². The number of anilines is 3. The second kappa shape index (κ2) is 16.3. The van der Waals surface area contributed by atoms with E-state index in [1.807, 2.05) is 0 Å². The third-order valence-electron chi connectivity index (χ3n) is 15.1. The molecule has 0 fully saturated rings. The molecule has 12 aromatic rings. The zero-order chi connectivity index (χ0) is 46.9. The predicted octanol–water partition coefficient (Wildman–Crippen LogP) is 14.6. The van der Waals surface area contributed by atoms with Crippen molar-refractivity contribution in [2.24, 2.45) is 0 Å². The first-order valence-corrected chi connectivity index (χ1v) is 26.4. The first-order valence-electron chi connectivity index (χ1n) is 24.4. The molecule has 334 valence electrons. The second-order valence-electron chi connectivity index (χ2n) is 18.7. The number of benzene rings is 11. The number of ether oxygens (including phenoxy) is 1. The third kappa shape index (κ3) is 6.21. The summed E-state index contributed by atoms with van der Waals surface area (Å²) in [6.45, 7) is 0. The van der Waals surface area contributed by atoms with E-state index < -0.39 is 13.5 Å². The maximum absolute atomic E-state index is 6.97. The van der Waals surface area contributed by atoms with Crippen LogP contribution in [0.4, 0.5) is 17.1 Å². The summed E-state index contributed by atoms with van der Waals surface area (Å²) in [5.74, 6) is 1.74. The van der Waals surface area contributed by atoms with Crippen LogP contribution in [-0.2, 0) is 5.41 Å². The smallest absolute Gasteiger partial charge is 0.180 e. The van der Waals surface area contributed by atoms with Crippen molar-refractivity contribution in [2.75, 3.05) is 4.90 Å². The van der Waals surface area contributed by atoms with Gasteiger partial charge in [0.15, 0.2) is 8.07 Å². The first kappa shape index (κ1) is 41.0. The number of hydrogen-bond donors (Lipinski definition) is 0. The maximum atomic E-state index is 6.97. The highest BCUT2D eigenvalue weighted by atomic mass is 28.3. The lowest BCUT2D eigenvalue weighted by atomic mass is 9.63. The van der Waals surface area contributed by atoms with Crippen LogP contribution in [0.3, 0.4) is 0 Å². The van der Waals surface area contributed by atoms with E-state index >= 15 is 0 Å². The first-order chi connectivity index (χ1) is 35.2. The van der Waals surface area contributed by atoms with Gasteiger partial charge < -0.3 is 14.1 Å². The summed E-state index contributed by atoms with van der Waals surface area (Å²) in [6.07, 6.45) is 0. The molecule has 0 N–H and O–H groups in total. The van der Waals surface area contributed by atoms with Crippen LogP contribution in [0, 0.1) is 0 Å². The molecule has 3 nitrogen and oxygen atoms in total. The molecule has 0 atom stereocenters. The SMILES string of the molecule is c1ccc(-c2ccc(N(c3ccccc3)c3ccc4c(c3)oc3cc(-c5ccc6c(c5)C5(c7ccccc7O6)c6ccccc6[Si](c6ccccc6)(c6ccccc6)c6ccccc65)ccc34)cc2)cc1. The number of para-hydroxylation sites is 2. The number of fused-ring (bicyclic) bond motifs is 11. The Balaban J connectivity index is 0.926. The molecule has 0 aliphatic carbocycles. The highest BCUT2D eigenvalue weighted by molar-refractivity contribution is 7.20. The van der Waals surface area contributed by atoms with Gasteiger partial charge in [0.05, 0.1) is 5.41 Å². The summed E-state index contributed by atoms with van der Waals surface area (Å²) in [5, 5.41) is 7.68. The van der Waals surface area contributed by atoms with Gasteiger partial charge in [0.1, 0.15) is 22.7 Å². The summed E-state index contributed by atoms with van der Waals surface area (Å²) in [4.78, 5) is 2.30. The molecule has 0 unspecified atom stereocenters. The zero-order valence-corrected chi connectivity index (χ0v) is 39.7. The Morgan fingerprint density at radius 1 is 0.310 bits per heavy atom. The van der Waals surface area contributed by atoms with E-state index in [9.17, 15) is 0 Å². The number of nitrogens with zero attached hydrogens (tertiary/aromatic N) is 1. The van der Waals surface area contributed by atoms with Crippen molar-refractivity contribution in [2.45, 2.75) is 5.41 Å². The minimum Gasteiger partial charge on any atom is -0.457 e. The standard InChI is InChI=1S/C67H45NO2Si/c1-5-19-46(20-6-1)47-33-37-51(38-34-47)68(50-21-7-2-8-22-50)52-39-41-56-55-40-35-49(44-63(55)70-64(56)45-52)48-36-42-62-60(43-48)67(57-27-13-16-30-61(57)69-62)58-28-14-17-31-65(58)71(53-23-9-3-10-24-53,54-25-11-4-12-26-54)66-32-18-15-29-59(66)67/h1-45H. The van der Waals surface area contributed by atoms with Crippen molar-refractivity contribution in [3.63, 3.8) is 0 Å². The molecule has 0 saturated carbocycles. The van der Waals surface area contributed by atoms with Crippen LogP contribution < -0.4 is 30.4 Å². The van der Waals surface area contributed by atoms with Crippen LogP contribution in [0.15, 0.2) is 277 Å². The van der Waals surface area contributed by atoms with Crippen LogP contribution in [0.25, 0.3) is 44.2 Å². The fourth-order valence-electron chi connectivity index (χ4n) is 12.1. The van der Waals surface area contributed by atoms with E-state index in [-0.39, 0.29) is 0 Å². The molecule has 0 amide bonds. The monoisotopic (exact) mass is 923 g/mol. The van der Waals surface area contributed by atoms with E-state index in [2.05, 4.69) is 278 Å². The molecular formula is C67H45NO2Si. The normalized spacial score (nSPS) is 13.7. The van der Waals surface area contributed by atoms with Crippen LogP contribution in [0.1, 0.15) is 22.3 Å². The molecule has 71 heavy (non-hydrogen) atoms. The lowest BCUT2D eigenvalue weighted by Gasteiger charge is -2.51. The van der Waals surface area contributed by atoms with Gasteiger partial charge in [-0.3, -0.25) is 0 Å². The Hall–Kier alpha value is -8.96. The molecule has 1 aromatic heterocycles. The van der Waals surface area contributed by atoms with Gasteiger partial charge in [0.25, 0.3) is 0 Å². The van der Waals surface area contributed by atoms with E-state index in [1.165, 1.54) is 43.0 Å². The molecule has 14 rings (SSSR count). The molecule has 2 aliphatic rings. The highest BCUT2D eigenvalue weighted by Gasteiger charge is 2.57. The lowest BCUT2D eigenvalue weighted by Crippen LogP contribution is -2.79. The fraction of sp³-hybridized carbons (Fsp3) is 0.0149. The Kier molecular flexibility index (Phi) is 9.45. The molecule has 3 heterocycles. The van der Waals surface area contributed by atoms with Crippen molar-refractivity contribution >= 4 is 67.8 Å². The highest BCUT2D eigenvalue weighted by Crippen LogP contribution is 2.57. The zero-order valence-electron chi connectivity index (χ0n) is 38.7. The maximum Gasteiger partial charge on any atom is 0.180 e. The molecule has 0 radical (unpaired) electrons. The van der Waals surface area contributed by atoms with Crippen molar-refractivity contribution in [1.29, 1.82) is 0 Å². The molecule has 2 aliphatic heterocycles. The van der Waals surface area contributed by atoms with Crippen LogP contribution in [-0.4, -0.2) is 8.07 Å². The summed E-state index contributed by atoms with van der Waals surface area (Å²) in [6, 6.07) is 99.7. The average molecular weight is 924 g/mol. The number of furan rings is 1. The Morgan fingerprint density at radius 2 is 0.761 bits per heavy atom. The fourth-order valence-corrected chi connectivity index (χ4v) is 17.4. The largest absolute Gasteiger partial charge is 0.457 e. The molecular weight excluding hydrogens is 879 g/mol. The second-order valence-corrected chi connectivity index (χ2v) is 22.4. The number of hydrogen-bond acceptors (Lipinski definition) is 3. The predicted molar refractivity (Wildman–Crippen MR) is 295 cm³/mol. The van der Waals surface area contributed by atoms with Crippen LogP contribution >= 0.6 is 0 Å². The topological polar surface area (TPSA) is 25.6 Å². The van der Waals surface area contributed by atoms with E-state index in [1.54, 1.807) is 0 Å². The van der Waals surface area contributed by atoms with Gasteiger partial charge in [-0.05, 0) is 121 Å². The van der Waals surface area contributed by atoms with Gasteiger partial charge in [-0.1, -0.05) is 200 Å². The van der Waals surface area contributed by atoms with Gasteiger partial charge in [-0.15, -0.1) is 0 Å². The summed E-state index contributed by atoms with van der Waals surface area (Å²) < 4.78 is 13.8. The quantitative estimate of drug-likeness (QED) is 0.149. The van der Waals surface area contributed by atoms with Gasteiger partial charge >= 0.3 is 0 Å². The molecule has 11 aromatic carbocycles. The minimum atomic E-state index is -2.87. The third-order valence-corrected chi connectivity index (χ3v) is 20.0. The molecule has 4 heteroatoms. The van der Waals surface area contributed by atoms with Crippen LogP contribution in [0.5, 0.6) is 11.5 Å². The van der Waals surface area contributed by atoms with Crippen LogP contribution in [0.2, 0.25) is 0 Å². The lowest BCUT2D eigenvalue weighted by molar-refractivity contribution is 0.435. The van der Waals surface area contributed by atoms with Crippen molar-refractivity contribution in [3.05, 3.63) is 295 Å². The van der Waals surface area contributed by atoms with E-state index in [4.69, 9.17) is 9.15 Å². The van der Waals surface area contributed by atoms with E-state index in [0.717, 1.165) is 72.8 Å². The van der Waals surface area contributed by atoms with Gasteiger partial charge in [-0.25, -0.2) is 0 Å². The van der Waals surface area contributed by atoms with Crippen molar-refractivity contribution < 1.29 is 9.15 Å². The molecule has 0 bridgehead atoms. The van der Waals surface area contributed by atoms with Gasteiger partial charge in [-0.2, -0.15) is 0 Å². The number of rotatable bonds is 7.